The van der Waals surface area contributed by atoms with Crippen molar-refractivity contribution in [3.63, 3.8) is 0 Å². The van der Waals surface area contributed by atoms with Crippen molar-refractivity contribution in [2.45, 2.75) is 122 Å². The van der Waals surface area contributed by atoms with Gasteiger partial charge in [-0.3, -0.25) is 9.59 Å². The van der Waals surface area contributed by atoms with Gasteiger partial charge in [0.15, 0.2) is 24.8 Å². The van der Waals surface area contributed by atoms with E-state index in [1.165, 1.54) is 118 Å². The minimum absolute atomic E-state index is 0.0321. The summed E-state index contributed by atoms with van der Waals surface area (Å²) in [6.07, 6.45) is -10.5. The Morgan fingerprint density at radius 1 is 0.375 bits per heavy atom. The number of halogens is 7. The number of carbonyl (C=O) groups excluding carboxylic acids is 2. The Morgan fingerprint density at radius 3 is 0.784 bits per heavy atom. The van der Waals surface area contributed by atoms with Crippen LogP contribution in [0.25, 0.3) is 0 Å². The zero-order valence-corrected chi connectivity index (χ0v) is 55.5. The number of hydrogen-bond acceptors (Lipinski definition) is 12. The van der Waals surface area contributed by atoms with Crippen molar-refractivity contribution in [2.75, 3.05) is 33.3 Å². The second kappa shape index (κ2) is 50.7. The van der Waals surface area contributed by atoms with E-state index in [9.17, 15) is 40.7 Å². The molecular weight excluding hydrogens is 1220 g/mol. The largest absolute Gasteiger partial charge is 0.508 e. The van der Waals surface area contributed by atoms with Crippen molar-refractivity contribution in [3.05, 3.63) is 199 Å². The maximum absolute atomic E-state index is 14.4. The van der Waals surface area contributed by atoms with Crippen LogP contribution in [-0.2, 0) is 32.7 Å². The molecule has 20 heteroatoms. The van der Waals surface area contributed by atoms with Crippen LogP contribution in [0.15, 0.2) is 182 Å². The highest BCUT2D eigenvalue weighted by Gasteiger charge is 2.36. The summed E-state index contributed by atoms with van der Waals surface area (Å²) < 4.78 is 119. The Morgan fingerprint density at radius 2 is 0.557 bits per heavy atom. The van der Waals surface area contributed by atoms with E-state index in [1.54, 1.807) is 26.0 Å². The first kappa shape index (κ1) is 88.4. The van der Waals surface area contributed by atoms with E-state index >= 15 is 0 Å². The number of alkyl halides is 7. The van der Waals surface area contributed by atoms with Gasteiger partial charge < -0.3 is 48.5 Å². The number of ketones is 2. The number of carbonyl (C=O) groups is 3. The third-order valence-electron chi connectivity index (χ3n) is 9.33. The van der Waals surface area contributed by atoms with Gasteiger partial charge in [-0.15, -0.1) is 0 Å². The molecule has 0 aliphatic carbocycles. The number of methoxy groups -OCH3 is 2. The number of ether oxygens (including phenoxy) is 7. The van der Waals surface area contributed by atoms with Crippen molar-refractivity contribution < 1.29 is 89.2 Å². The molecule has 0 heterocycles. The predicted octanol–water partition coefficient (Wildman–Crippen LogP) is 19.7. The Labute approximate surface area is 526 Å². The summed E-state index contributed by atoms with van der Waals surface area (Å²) in [5, 5.41) is 26.0. The van der Waals surface area contributed by atoms with Gasteiger partial charge in [-0.2, -0.15) is 26.3 Å². The van der Waals surface area contributed by atoms with Gasteiger partial charge in [0.1, 0.15) is 51.7 Å². The molecule has 0 saturated carbocycles. The monoisotopic (exact) mass is 1310 g/mol. The predicted molar refractivity (Wildman–Crippen MR) is 345 cm³/mol. The van der Waals surface area contributed by atoms with E-state index in [-0.39, 0.29) is 81.5 Å². The van der Waals surface area contributed by atoms with Crippen LogP contribution >= 0.6 is 15.9 Å². The molecule has 0 atom stereocenters. The first-order chi connectivity index (χ1) is 41.7. The molecule has 0 aliphatic heterocycles. The van der Waals surface area contributed by atoms with Crippen LogP contribution in [0, 0.1) is 0 Å². The molecule has 0 aliphatic rings. The standard InChI is InChI=1S/C23H22F2O5.C15H14F2O3.C13H10F2O3.C4H6O2.6C2H6.CH3Br/c1-15(2)21(26)13-28-18-7-5-17(6-8-18)23(24,25)30-20-11-9-19(10-12-20)29-14-22(27)16(3)4;1-18-12-5-3-11(4-6-12)15(16,17)20-14-9-7-13(19-2)8-10-14;14-13(15,9-1-3-10(16)4-2-9)18-12-7-5-11(17)6-8-12;1-3(2)4(5)6;7*1-2/h5-12H,1,3,13-14H2,2,4H3;3-10H,1-2H3;1-8,16-17H;1H2,2H3,(H,5,6);6*1-2H3;1H3. The first-order valence-corrected chi connectivity index (χ1v) is 29.5. The van der Waals surface area contributed by atoms with Gasteiger partial charge in [0.05, 0.1) is 30.9 Å². The second-order valence-electron chi connectivity index (χ2n) is 15.4. The summed E-state index contributed by atoms with van der Waals surface area (Å²) in [6, 6.07) is 31.3. The third kappa shape index (κ3) is 37.2. The molecule has 0 saturated heterocycles. The maximum atomic E-state index is 14.4. The lowest BCUT2D eigenvalue weighted by molar-refractivity contribution is -0.186. The van der Waals surface area contributed by atoms with E-state index in [0.717, 1.165) is 36.4 Å². The molecule has 0 unspecified atom stereocenters. The van der Waals surface area contributed by atoms with Gasteiger partial charge >= 0.3 is 24.3 Å². The number of Topliss-reactive ketones (excluding diaryl/α,β-unsaturated/α-hetero) is 2. The molecule has 0 bridgehead atoms. The van der Waals surface area contributed by atoms with E-state index in [4.69, 9.17) is 43.7 Å². The molecule has 0 amide bonds. The van der Waals surface area contributed by atoms with Crippen LogP contribution in [0.5, 0.6) is 51.7 Å². The molecule has 6 aromatic rings. The summed E-state index contributed by atoms with van der Waals surface area (Å²) in [5.41, 5.74) is -0.0928. The number of benzene rings is 6. The minimum atomic E-state index is -3.59. The van der Waals surface area contributed by atoms with Crippen LogP contribution in [0.1, 0.15) is 121 Å². The van der Waals surface area contributed by atoms with Crippen LogP contribution in [0.3, 0.4) is 0 Å². The Kier molecular flexibility index (Phi) is 50.9. The highest BCUT2D eigenvalue weighted by atomic mass is 79.9. The van der Waals surface area contributed by atoms with Crippen molar-refractivity contribution in [3.8, 4) is 51.7 Å². The lowest BCUT2D eigenvalue weighted by Gasteiger charge is -2.19. The highest BCUT2D eigenvalue weighted by molar-refractivity contribution is 9.08. The number of carboxylic acid groups (broad SMARTS) is 1. The third-order valence-corrected chi connectivity index (χ3v) is 9.33. The van der Waals surface area contributed by atoms with Crippen LogP contribution in [0.2, 0.25) is 0 Å². The zero-order chi connectivity index (χ0) is 69.2. The van der Waals surface area contributed by atoms with Crippen LogP contribution in [0.4, 0.5) is 26.3 Å². The fourth-order valence-electron chi connectivity index (χ4n) is 5.11. The number of rotatable bonds is 20. The van der Waals surface area contributed by atoms with Crippen molar-refractivity contribution >= 4 is 33.5 Å². The number of hydrogen-bond donors (Lipinski definition) is 3. The maximum Gasteiger partial charge on any atom is 0.426 e. The average Bonchev–Trinajstić information content (AvgIpc) is 3.51. The minimum Gasteiger partial charge on any atom is -0.508 e. The lowest BCUT2D eigenvalue weighted by Crippen LogP contribution is -2.21. The van der Waals surface area contributed by atoms with Crippen molar-refractivity contribution in [1.29, 1.82) is 0 Å². The van der Waals surface area contributed by atoms with E-state index in [0.29, 0.717) is 28.4 Å². The Bertz CT molecular complexity index is 2780. The zero-order valence-electron chi connectivity index (χ0n) is 54.0. The molecule has 0 aromatic heterocycles. The number of carboxylic acids is 1. The Balaban J connectivity index is -0.000000348. The smallest absolute Gasteiger partial charge is 0.426 e. The fraction of sp³-hybridized carbons (Fsp3) is 0.338. The molecular formula is C68H91BrF6O13. The molecule has 3 N–H and O–H groups in total. The summed E-state index contributed by atoms with van der Waals surface area (Å²) in [5.74, 6) is 1.84. The van der Waals surface area contributed by atoms with Crippen LogP contribution in [-0.4, -0.2) is 66.1 Å². The summed E-state index contributed by atoms with van der Waals surface area (Å²) in [6.45, 7) is 38.4. The molecule has 13 nitrogen and oxygen atoms in total. The number of aromatic hydroxyl groups is 2. The summed E-state index contributed by atoms with van der Waals surface area (Å²) in [7, 11) is 2.98. The number of phenols is 2. The highest BCUT2D eigenvalue weighted by Crippen LogP contribution is 2.36. The summed E-state index contributed by atoms with van der Waals surface area (Å²) in [4.78, 5) is 32.6. The number of aliphatic carboxylic acids is 1. The quantitative estimate of drug-likeness (QED) is 0.0374. The molecule has 490 valence electrons. The fourth-order valence-corrected chi connectivity index (χ4v) is 5.11. The molecule has 0 radical (unpaired) electrons. The molecule has 0 fully saturated rings. The van der Waals surface area contributed by atoms with Gasteiger partial charge in [0, 0.05) is 5.57 Å². The first-order valence-electron chi connectivity index (χ1n) is 27.9. The molecule has 6 aromatic carbocycles. The van der Waals surface area contributed by atoms with E-state index in [2.05, 4.69) is 40.4 Å². The summed E-state index contributed by atoms with van der Waals surface area (Å²) >= 11 is 2.94. The van der Waals surface area contributed by atoms with Crippen LogP contribution < -0.4 is 33.2 Å². The van der Waals surface area contributed by atoms with E-state index in [1.807, 2.05) is 88.9 Å². The normalized spacial score (nSPS) is 9.47. The van der Waals surface area contributed by atoms with Gasteiger partial charge in [-0.1, -0.05) is 119 Å². The van der Waals surface area contributed by atoms with E-state index < -0.39 is 24.3 Å². The SMILES string of the molecule is C=C(C)C(=O)COc1ccc(OC(F)(F)c2ccc(OCC(=O)C(=C)C)cc2)cc1.C=C(C)C(=O)O.CBr.CC.CC.CC.CC.CC.CC.COc1ccc(OC(F)(F)c2ccc(OC)cc2)cc1.Oc1ccc(OC(F)(F)c2ccc(O)cc2)cc1. The van der Waals surface area contributed by atoms with Gasteiger partial charge in [0.2, 0.25) is 0 Å². The second-order valence-corrected chi connectivity index (χ2v) is 15.4. The van der Waals surface area contributed by atoms with Gasteiger partial charge in [0.25, 0.3) is 0 Å². The number of phenolic OH excluding ortho intramolecular Hbond substituents is 2. The molecule has 0 spiro atoms. The Hall–Kier alpha value is -8.39. The molecule has 88 heavy (non-hydrogen) atoms. The van der Waals surface area contributed by atoms with Crippen molar-refractivity contribution in [1.82, 2.24) is 0 Å². The lowest BCUT2D eigenvalue weighted by atomic mass is 10.2. The topological polar surface area (TPSA) is 177 Å². The molecule has 6 rings (SSSR count). The van der Waals surface area contributed by atoms with Gasteiger partial charge in [-0.05, 0) is 183 Å². The van der Waals surface area contributed by atoms with Gasteiger partial charge in [-0.25, -0.2) is 4.79 Å². The van der Waals surface area contributed by atoms with Crippen molar-refractivity contribution in [2.24, 2.45) is 0 Å². The average molecular weight is 1310 g/mol.